The summed E-state index contributed by atoms with van der Waals surface area (Å²) < 4.78 is 38.9. The predicted octanol–water partition coefficient (Wildman–Crippen LogP) is 4.27. The molecular weight excluding hydrogens is 339 g/mol. The zero-order valence-corrected chi connectivity index (χ0v) is 13.1. The molecule has 0 aliphatic carbocycles. The monoisotopic (exact) mass is 351 g/mol. The molecule has 2 aromatic heterocycles. The molecule has 0 aliphatic rings. The van der Waals surface area contributed by atoms with E-state index in [0.717, 1.165) is 23.4 Å². The van der Waals surface area contributed by atoms with Gasteiger partial charge in [0, 0.05) is 22.8 Å². The summed E-state index contributed by atoms with van der Waals surface area (Å²) in [5.41, 5.74) is 1.28. The molecule has 1 N–H and O–H groups in total. The molecule has 0 unspecified atom stereocenters. The second-order valence-electron chi connectivity index (χ2n) is 5.03. The molecule has 0 radical (unpaired) electrons. The van der Waals surface area contributed by atoms with Crippen LogP contribution in [0.15, 0.2) is 53.4 Å². The maximum Gasteiger partial charge on any atom is 0.416 e. The number of anilines is 1. The molecule has 0 bridgehead atoms. The van der Waals surface area contributed by atoms with Gasteiger partial charge in [-0.05, 0) is 41.8 Å². The van der Waals surface area contributed by atoms with Crippen molar-refractivity contribution in [3.63, 3.8) is 0 Å². The first-order valence-corrected chi connectivity index (χ1v) is 7.89. The average molecular weight is 351 g/mol. The van der Waals surface area contributed by atoms with Gasteiger partial charge in [-0.2, -0.15) is 29.6 Å². The van der Waals surface area contributed by atoms with Crippen molar-refractivity contribution in [2.45, 2.75) is 12.7 Å². The first-order valence-electron chi connectivity index (χ1n) is 6.95. The van der Waals surface area contributed by atoms with Crippen LogP contribution in [-0.2, 0) is 17.5 Å². The van der Waals surface area contributed by atoms with Crippen LogP contribution >= 0.6 is 11.3 Å². The van der Waals surface area contributed by atoms with Gasteiger partial charge in [-0.1, -0.05) is 0 Å². The van der Waals surface area contributed by atoms with E-state index < -0.39 is 11.7 Å². The molecule has 24 heavy (non-hydrogen) atoms. The number of nitrogens with one attached hydrogen (secondary N) is 1. The fourth-order valence-corrected chi connectivity index (χ4v) is 2.75. The molecule has 0 spiro atoms. The van der Waals surface area contributed by atoms with E-state index in [0.29, 0.717) is 5.69 Å². The second kappa shape index (κ2) is 6.48. The zero-order valence-electron chi connectivity index (χ0n) is 12.2. The Labute approximate surface area is 139 Å². The fourth-order valence-electron chi connectivity index (χ4n) is 2.10. The number of alkyl halides is 3. The van der Waals surface area contributed by atoms with Gasteiger partial charge < -0.3 is 5.32 Å². The lowest BCUT2D eigenvalue weighted by Crippen LogP contribution is -2.19. The summed E-state index contributed by atoms with van der Waals surface area (Å²) in [6, 6.07) is 8.03. The van der Waals surface area contributed by atoms with Crippen molar-refractivity contribution >= 4 is 22.9 Å². The van der Waals surface area contributed by atoms with E-state index >= 15 is 0 Å². The lowest BCUT2D eigenvalue weighted by Gasteiger charge is -2.09. The lowest BCUT2D eigenvalue weighted by atomic mass is 10.2. The van der Waals surface area contributed by atoms with Crippen LogP contribution in [0.4, 0.5) is 18.9 Å². The number of nitrogens with zero attached hydrogens (tertiary/aromatic N) is 2. The molecule has 3 rings (SSSR count). The van der Waals surface area contributed by atoms with E-state index in [1.165, 1.54) is 16.8 Å². The molecule has 0 fully saturated rings. The molecule has 0 saturated heterocycles. The molecule has 1 aromatic carbocycles. The lowest BCUT2D eigenvalue weighted by molar-refractivity contribution is -0.137. The quantitative estimate of drug-likeness (QED) is 0.763. The molecule has 4 nitrogen and oxygen atoms in total. The third kappa shape index (κ3) is 3.83. The van der Waals surface area contributed by atoms with Gasteiger partial charge in [0.15, 0.2) is 0 Å². The van der Waals surface area contributed by atoms with Crippen LogP contribution in [0.3, 0.4) is 0 Å². The normalized spacial score (nSPS) is 11.5. The summed E-state index contributed by atoms with van der Waals surface area (Å²) in [5.74, 6) is -0.366. The fraction of sp³-hybridized carbons (Fsp3) is 0.125. The van der Waals surface area contributed by atoms with Crippen LogP contribution in [0, 0.1) is 0 Å². The van der Waals surface area contributed by atoms with Crippen molar-refractivity contribution in [2.75, 3.05) is 5.32 Å². The average Bonchev–Trinajstić information content (AvgIpc) is 3.17. The largest absolute Gasteiger partial charge is 0.416 e. The van der Waals surface area contributed by atoms with Crippen molar-refractivity contribution in [1.82, 2.24) is 9.78 Å². The van der Waals surface area contributed by atoms with Crippen LogP contribution in [0.5, 0.6) is 0 Å². The smallest absolute Gasteiger partial charge is 0.324 e. The number of aromatic nitrogens is 2. The summed E-state index contributed by atoms with van der Waals surface area (Å²) in [5, 5.41) is 10.7. The highest BCUT2D eigenvalue weighted by atomic mass is 32.1. The number of halogens is 3. The standard InChI is InChI=1S/C16H12F3N3OS/c17-16(18,19)12-1-3-13(4-2-12)20-15(23)9-22-7-5-14(21-22)11-6-8-24-10-11/h1-8,10H,9H2,(H,20,23). The predicted molar refractivity (Wildman–Crippen MR) is 85.6 cm³/mol. The Morgan fingerprint density at radius 3 is 2.54 bits per heavy atom. The molecule has 124 valence electrons. The number of benzene rings is 1. The zero-order chi connectivity index (χ0) is 17.2. The Hall–Kier alpha value is -2.61. The molecular formula is C16H12F3N3OS. The number of rotatable bonds is 4. The van der Waals surface area contributed by atoms with E-state index in [1.54, 1.807) is 23.6 Å². The summed E-state index contributed by atoms with van der Waals surface area (Å²) in [6.45, 7) is -0.0227. The molecule has 8 heteroatoms. The second-order valence-corrected chi connectivity index (χ2v) is 5.81. The van der Waals surface area contributed by atoms with E-state index in [4.69, 9.17) is 0 Å². The van der Waals surface area contributed by atoms with Crippen molar-refractivity contribution in [1.29, 1.82) is 0 Å². The first-order chi connectivity index (χ1) is 11.4. The SMILES string of the molecule is O=C(Cn1ccc(-c2ccsc2)n1)Nc1ccc(C(F)(F)F)cc1. The van der Waals surface area contributed by atoms with Crippen LogP contribution in [0.1, 0.15) is 5.56 Å². The van der Waals surface area contributed by atoms with E-state index in [1.807, 2.05) is 16.8 Å². The number of hydrogen-bond donors (Lipinski definition) is 1. The van der Waals surface area contributed by atoms with Gasteiger partial charge in [0.2, 0.25) is 5.91 Å². The summed E-state index contributed by atoms with van der Waals surface area (Å²) in [7, 11) is 0. The minimum atomic E-state index is -4.39. The maximum atomic E-state index is 12.5. The van der Waals surface area contributed by atoms with Gasteiger partial charge in [-0.3, -0.25) is 9.48 Å². The topological polar surface area (TPSA) is 46.9 Å². The number of carbonyl (C=O) groups is 1. The molecule has 0 atom stereocenters. The number of carbonyl (C=O) groups excluding carboxylic acids is 1. The van der Waals surface area contributed by atoms with Crippen molar-refractivity contribution in [3.05, 3.63) is 58.9 Å². The van der Waals surface area contributed by atoms with Crippen LogP contribution in [0.2, 0.25) is 0 Å². The van der Waals surface area contributed by atoms with Crippen LogP contribution < -0.4 is 5.32 Å². The molecule has 0 aliphatic heterocycles. The van der Waals surface area contributed by atoms with Gasteiger partial charge in [0.1, 0.15) is 6.54 Å². The summed E-state index contributed by atoms with van der Waals surface area (Å²) in [6.07, 6.45) is -2.71. The van der Waals surface area contributed by atoms with Gasteiger partial charge in [-0.15, -0.1) is 0 Å². The molecule has 0 saturated carbocycles. The van der Waals surface area contributed by atoms with Crippen molar-refractivity contribution in [2.24, 2.45) is 0 Å². The number of hydrogen-bond acceptors (Lipinski definition) is 3. The minimum absolute atomic E-state index is 0.0227. The van der Waals surface area contributed by atoms with Crippen LogP contribution in [0.25, 0.3) is 11.3 Å². The third-order valence-corrected chi connectivity index (χ3v) is 3.94. The highest BCUT2D eigenvalue weighted by molar-refractivity contribution is 7.08. The van der Waals surface area contributed by atoms with Crippen molar-refractivity contribution < 1.29 is 18.0 Å². The Bertz CT molecular complexity index is 823. The summed E-state index contributed by atoms with van der Waals surface area (Å²) >= 11 is 1.55. The Balaban J connectivity index is 1.62. The highest BCUT2D eigenvalue weighted by Crippen LogP contribution is 2.29. The first kappa shape index (κ1) is 16.3. The third-order valence-electron chi connectivity index (χ3n) is 3.26. The Kier molecular flexibility index (Phi) is 4.39. The van der Waals surface area contributed by atoms with E-state index in [2.05, 4.69) is 10.4 Å². The Morgan fingerprint density at radius 2 is 1.92 bits per heavy atom. The number of thiophene rings is 1. The van der Waals surface area contributed by atoms with E-state index in [9.17, 15) is 18.0 Å². The van der Waals surface area contributed by atoms with Gasteiger partial charge >= 0.3 is 6.18 Å². The Morgan fingerprint density at radius 1 is 1.17 bits per heavy atom. The van der Waals surface area contributed by atoms with Crippen molar-refractivity contribution in [3.8, 4) is 11.3 Å². The van der Waals surface area contributed by atoms with Gasteiger partial charge in [0.25, 0.3) is 0 Å². The van der Waals surface area contributed by atoms with E-state index in [-0.39, 0.29) is 12.5 Å². The summed E-state index contributed by atoms with van der Waals surface area (Å²) in [4.78, 5) is 12.0. The van der Waals surface area contributed by atoms with Crippen LogP contribution in [-0.4, -0.2) is 15.7 Å². The molecule has 2 heterocycles. The molecule has 1 amide bonds. The molecule has 3 aromatic rings. The minimum Gasteiger partial charge on any atom is -0.324 e. The maximum absolute atomic E-state index is 12.5. The number of amides is 1. The van der Waals surface area contributed by atoms with Gasteiger partial charge in [0.05, 0.1) is 11.3 Å². The van der Waals surface area contributed by atoms with Gasteiger partial charge in [-0.25, -0.2) is 0 Å². The highest BCUT2D eigenvalue weighted by Gasteiger charge is 2.29.